The number of aliphatic hydroxyl groups is 2. The second kappa shape index (κ2) is 47.8. The zero-order valence-electron chi connectivity index (χ0n) is 39.5. The molecule has 1 amide bonds. The fraction of sp³-hybridized carbons (Fsp3) is 0.673. The number of nitrogens with one attached hydrogen (secondary N) is 1. The number of esters is 1. The van der Waals surface area contributed by atoms with Crippen molar-refractivity contribution in [2.75, 3.05) is 6.61 Å². The molecule has 0 radical (unpaired) electrons. The van der Waals surface area contributed by atoms with Gasteiger partial charge in [-0.1, -0.05) is 227 Å². The van der Waals surface area contributed by atoms with Crippen molar-refractivity contribution in [2.45, 2.75) is 232 Å². The summed E-state index contributed by atoms with van der Waals surface area (Å²) in [5.41, 5.74) is 0. The Balaban J connectivity index is 4.73. The number of amides is 1. The van der Waals surface area contributed by atoms with E-state index in [-0.39, 0.29) is 24.9 Å². The van der Waals surface area contributed by atoms with Gasteiger partial charge in [-0.25, -0.2) is 0 Å². The predicted octanol–water partition coefficient (Wildman–Crippen LogP) is 14.9. The summed E-state index contributed by atoms with van der Waals surface area (Å²) >= 11 is 0. The molecule has 61 heavy (non-hydrogen) atoms. The zero-order chi connectivity index (χ0) is 44.5. The number of rotatable bonds is 43. The van der Waals surface area contributed by atoms with Crippen LogP contribution in [0.5, 0.6) is 0 Å². The van der Waals surface area contributed by atoms with Crippen LogP contribution >= 0.6 is 0 Å². The van der Waals surface area contributed by atoms with Gasteiger partial charge in [0.25, 0.3) is 0 Å². The smallest absolute Gasteiger partial charge is 0.306 e. The van der Waals surface area contributed by atoms with E-state index >= 15 is 0 Å². The van der Waals surface area contributed by atoms with E-state index in [1.54, 1.807) is 0 Å². The van der Waals surface area contributed by atoms with Crippen molar-refractivity contribution in [3.05, 3.63) is 97.2 Å². The molecule has 0 aliphatic rings. The maximum atomic E-state index is 13.2. The van der Waals surface area contributed by atoms with Gasteiger partial charge < -0.3 is 20.3 Å². The van der Waals surface area contributed by atoms with E-state index in [1.807, 2.05) is 54.7 Å². The number of allylic oxidation sites excluding steroid dienone is 16. The molecule has 0 rings (SSSR count). The number of hydrogen-bond acceptors (Lipinski definition) is 5. The fourth-order valence-electron chi connectivity index (χ4n) is 7.04. The van der Waals surface area contributed by atoms with Crippen molar-refractivity contribution in [1.29, 1.82) is 0 Å². The van der Waals surface area contributed by atoms with Gasteiger partial charge in [-0.2, -0.15) is 0 Å². The molecule has 348 valence electrons. The van der Waals surface area contributed by atoms with E-state index in [1.165, 1.54) is 77.0 Å². The van der Waals surface area contributed by atoms with Crippen LogP contribution in [0.1, 0.15) is 213 Å². The average molecular weight is 848 g/mol. The lowest BCUT2D eigenvalue weighted by Gasteiger charge is -2.24. The summed E-state index contributed by atoms with van der Waals surface area (Å²) in [4.78, 5) is 26.1. The van der Waals surface area contributed by atoms with Crippen LogP contribution in [0.4, 0.5) is 0 Å². The van der Waals surface area contributed by atoms with Gasteiger partial charge in [0, 0.05) is 6.42 Å². The van der Waals surface area contributed by atoms with Crippen molar-refractivity contribution in [1.82, 2.24) is 5.32 Å². The molecule has 0 aromatic carbocycles. The Bertz CT molecular complexity index is 1220. The van der Waals surface area contributed by atoms with Gasteiger partial charge in [0.2, 0.25) is 5.91 Å². The molecular weight excluding hydrogens is 755 g/mol. The summed E-state index contributed by atoms with van der Waals surface area (Å²) in [5.74, 6) is -0.553. The molecule has 6 heteroatoms. The number of carbonyl (C=O) groups excluding carboxylic acids is 2. The van der Waals surface area contributed by atoms with Crippen molar-refractivity contribution in [2.24, 2.45) is 0 Å². The first-order chi connectivity index (χ1) is 30.0. The van der Waals surface area contributed by atoms with E-state index in [9.17, 15) is 19.8 Å². The van der Waals surface area contributed by atoms with E-state index in [2.05, 4.69) is 68.6 Å². The van der Waals surface area contributed by atoms with Crippen molar-refractivity contribution in [3.63, 3.8) is 0 Å². The Labute approximate surface area is 376 Å². The Morgan fingerprint density at radius 2 is 0.885 bits per heavy atom. The Morgan fingerprint density at radius 3 is 1.39 bits per heavy atom. The van der Waals surface area contributed by atoms with Crippen LogP contribution in [0.2, 0.25) is 0 Å². The third-order valence-electron chi connectivity index (χ3n) is 10.8. The molecule has 3 unspecified atom stereocenters. The zero-order valence-corrected chi connectivity index (χ0v) is 39.5. The molecule has 6 nitrogen and oxygen atoms in total. The van der Waals surface area contributed by atoms with Gasteiger partial charge in [-0.05, 0) is 70.6 Å². The summed E-state index contributed by atoms with van der Waals surface area (Å²) in [5, 5.41) is 23.7. The molecule has 3 atom stereocenters. The van der Waals surface area contributed by atoms with Crippen LogP contribution < -0.4 is 5.32 Å². The highest BCUT2D eigenvalue weighted by Gasteiger charge is 2.24. The Morgan fingerprint density at radius 1 is 0.492 bits per heavy atom. The van der Waals surface area contributed by atoms with Gasteiger partial charge in [0.1, 0.15) is 6.10 Å². The van der Waals surface area contributed by atoms with Gasteiger partial charge in [0.05, 0.1) is 25.2 Å². The minimum Gasteiger partial charge on any atom is -0.462 e. The van der Waals surface area contributed by atoms with Crippen LogP contribution in [-0.2, 0) is 14.3 Å². The first kappa shape index (κ1) is 57.8. The fourth-order valence-corrected chi connectivity index (χ4v) is 7.04. The highest BCUT2D eigenvalue weighted by Crippen LogP contribution is 2.17. The first-order valence-electron chi connectivity index (χ1n) is 25.1. The van der Waals surface area contributed by atoms with Crippen LogP contribution in [0.15, 0.2) is 97.2 Å². The lowest BCUT2D eigenvalue weighted by Crippen LogP contribution is -2.46. The molecule has 0 bridgehead atoms. The summed E-state index contributed by atoms with van der Waals surface area (Å²) in [6, 6.07) is -0.723. The van der Waals surface area contributed by atoms with Gasteiger partial charge >= 0.3 is 5.97 Å². The number of carbonyl (C=O) groups is 2. The van der Waals surface area contributed by atoms with Gasteiger partial charge in [-0.15, -0.1) is 0 Å². The highest BCUT2D eigenvalue weighted by molar-refractivity contribution is 5.77. The van der Waals surface area contributed by atoms with Crippen LogP contribution in [0, 0.1) is 0 Å². The Kier molecular flexibility index (Phi) is 45.3. The predicted molar refractivity (Wildman–Crippen MR) is 264 cm³/mol. The molecule has 0 spiro atoms. The first-order valence-corrected chi connectivity index (χ1v) is 25.1. The van der Waals surface area contributed by atoms with E-state index in [0.717, 1.165) is 89.9 Å². The summed E-state index contributed by atoms with van der Waals surface area (Å²) in [7, 11) is 0. The second-order valence-electron chi connectivity index (χ2n) is 16.7. The van der Waals surface area contributed by atoms with Crippen LogP contribution in [0.25, 0.3) is 0 Å². The number of unbranched alkanes of at least 4 members (excludes halogenated alkanes) is 21. The van der Waals surface area contributed by atoms with E-state index < -0.39 is 18.2 Å². The van der Waals surface area contributed by atoms with E-state index in [4.69, 9.17) is 4.74 Å². The molecule has 0 heterocycles. The van der Waals surface area contributed by atoms with Gasteiger partial charge in [0.15, 0.2) is 0 Å². The highest BCUT2D eigenvalue weighted by atomic mass is 16.5. The number of hydrogen-bond donors (Lipinski definition) is 3. The maximum Gasteiger partial charge on any atom is 0.306 e. The standard InChI is InChI=1S/C55H93NO5/c1-4-7-10-13-16-19-22-25-26-27-28-30-33-36-39-42-45-48-55(60)61-51(46-43-40-37-34-31-29-23-20-17-14-11-8-5-2)49-54(59)56-52(50-57)53(58)47-44-41-38-35-32-24-21-18-15-12-9-6-3/h7,10,13,16-17,19-20,22-23,25-30,33,51-53,57-58H,4-6,8-9,11-12,14-15,18,21,24,31-32,34-50H2,1-3H3,(H,56,59)/b10-7-,16-13+,20-17+,22-19+,26-25-,28-27+,29-23+,33-30+. The molecule has 0 saturated carbocycles. The molecule has 0 aliphatic carbocycles. The van der Waals surface area contributed by atoms with Gasteiger partial charge in [-0.3, -0.25) is 9.59 Å². The topological polar surface area (TPSA) is 95.9 Å². The average Bonchev–Trinajstić information content (AvgIpc) is 3.25. The van der Waals surface area contributed by atoms with Crippen molar-refractivity contribution < 1.29 is 24.5 Å². The second-order valence-corrected chi connectivity index (χ2v) is 16.7. The number of ether oxygens (including phenoxy) is 1. The molecule has 3 N–H and O–H groups in total. The normalized spacial score (nSPS) is 14.1. The minimum atomic E-state index is -0.806. The summed E-state index contributed by atoms with van der Waals surface area (Å²) in [6.07, 6.45) is 63.1. The van der Waals surface area contributed by atoms with Crippen LogP contribution in [-0.4, -0.2) is 46.9 Å². The monoisotopic (exact) mass is 848 g/mol. The maximum absolute atomic E-state index is 13.2. The lowest BCUT2D eigenvalue weighted by molar-refractivity contribution is -0.151. The third kappa shape index (κ3) is 43.2. The third-order valence-corrected chi connectivity index (χ3v) is 10.8. The Hall–Kier alpha value is -3.22. The van der Waals surface area contributed by atoms with E-state index in [0.29, 0.717) is 19.3 Å². The summed E-state index contributed by atoms with van der Waals surface area (Å²) in [6.45, 7) is 6.28. The molecular formula is C55H93NO5. The van der Waals surface area contributed by atoms with Crippen LogP contribution in [0.3, 0.4) is 0 Å². The largest absolute Gasteiger partial charge is 0.462 e. The lowest BCUT2D eigenvalue weighted by atomic mass is 10.0. The molecule has 0 aromatic heterocycles. The minimum absolute atomic E-state index is 0.0401. The molecule has 0 aromatic rings. The van der Waals surface area contributed by atoms with Crippen molar-refractivity contribution in [3.8, 4) is 0 Å². The quantitative estimate of drug-likeness (QED) is 0.0323. The SMILES string of the molecule is CC\C=C/C=C/C=C/C=C\C=C\C=C\CCCCCC(=O)OC(CCCCCC/C=C/C=C/CCCCC)CC(=O)NC(CO)C(O)CCCCCCCCCCCCCC. The summed E-state index contributed by atoms with van der Waals surface area (Å²) < 4.78 is 5.90. The van der Waals surface area contributed by atoms with Crippen molar-refractivity contribution >= 4 is 11.9 Å². The molecule has 0 saturated heterocycles. The molecule has 0 aliphatic heterocycles. The number of aliphatic hydroxyl groups excluding tert-OH is 2. The molecule has 0 fully saturated rings.